The van der Waals surface area contributed by atoms with Crippen LogP contribution < -0.4 is 24.3 Å². The number of benzene rings is 2. The van der Waals surface area contributed by atoms with Gasteiger partial charge in [-0.3, -0.25) is 4.79 Å². The Hall–Kier alpha value is -2.89. The number of aryl methyl sites for hydroxylation is 1. The standard InChI is InChI=1S/C20H25NO5/c1-23-16-7-5-6-14(10-16)8-9-19(22)21-13-15-11-17(24-2)20(26-4)18(12-15)25-3/h5-7,10-12H,8-9,13H2,1-4H3,(H,21,22). The molecule has 0 bridgehead atoms. The topological polar surface area (TPSA) is 66.0 Å². The molecule has 0 radical (unpaired) electrons. The lowest BCUT2D eigenvalue weighted by molar-refractivity contribution is -0.121. The van der Waals surface area contributed by atoms with Crippen LogP contribution in [0.2, 0.25) is 0 Å². The maximum atomic E-state index is 12.1. The van der Waals surface area contributed by atoms with Crippen LogP contribution in [0.25, 0.3) is 0 Å². The van der Waals surface area contributed by atoms with E-state index in [2.05, 4.69) is 5.32 Å². The zero-order valence-corrected chi connectivity index (χ0v) is 15.6. The third-order valence-corrected chi connectivity index (χ3v) is 3.99. The van der Waals surface area contributed by atoms with Crippen molar-refractivity contribution in [3.8, 4) is 23.0 Å². The maximum absolute atomic E-state index is 12.1. The second-order valence-electron chi connectivity index (χ2n) is 5.66. The Morgan fingerprint density at radius 2 is 1.58 bits per heavy atom. The second-order valence-corrected chi connectivity index (χ2v) is 5.66. The van der Waals surface area contributed by atoms with Crippen molar-refractivity contribution in [1.29, 1.82) is 0 Å². The van der Waals surface area contributed by atoms with Crippen molar-refractivity contribution in [3.05, 3.63) is 47.5 Å². The summed E-state index contributed by atoms with van der Waals surface area (Å²) >= 11 is 0. The van der Waals surface area contributed by atoms with Crippen molar-refractivity contribution in [3.63, 3.8) is 0 Å². The van der Waals surface area contributed by atoms with Gasteiger partial charge in [0.1, 0.15) is 5.75 Å². The molecule has 0 fully saturated rings. The summed E-state index contributed by atoms with van der Waals surface area (Å²) in [6, 6.07) is 11.4. The molecule has 0 aliphatic carbocycles. The van der Waals surface area contributed by atoms with Gasteiger partial charge >= 0.3 is 0 Å². The summed E-state index contributed by atoms with van der Waals surface area (Å²) in [6.07, 6.45) is 1.05. The smallest absolute Gasteiger partial charge is 0.220 e. The van der Waals surface area contributed by atoms with Gasteiger partial charge in [-0.05, 0) is 41.8 Å². The third kappa shape index (κ3) is 5.05. The number of carbonyl (C=O) groups is 1. The average molecular weight is 359 g/mol. The predicted molar refractivity (Wildman–Crippen MR) is 99.3 cm³/mol. The van der Waals surface area contributed by atoms with Gasteiger partial charge in [-0.1, -0.05) is 12.1 Å². The highest BCUT2D eigenvalue weighted by molar-refractivity contribution is 5.76. The molecule has 2 aromatic carbocycles. The summed E-state index contributed by atoms with van der Waals surface area (Å²) in [6.45, 7) is 0.383. The highest BCUT2D eigenvalue weighted by Crippen LogP contribution is 2.38. The molecule has 0 spiro atoms. The van der Waals surface area contributed by atoms with E-state index in [1.807, 2.05) is 36.4 Å². The van der Waals surface area contributed by atoms with Crippen LogP contribution in [-0.2, 0) is 17.8 Å². The molecule has 6 nitrogen and oxygen atoms in total. The van der Waals surface area contributed by atoms with Crippen LogP contribution in [0.3, 0.4) is 0 Å². The molecule has 1 amide bonds. The van der Waals surface area contributed by atoms with Gasteiger partial charge in [0.05, 0.1) is 28.4 Å². The minimum absolute atomic E-state index is 0.0263. The van der Waals surface area contributed by atoms with E-state index in [4.69, 9.17) is 18.9 Å². The fourth-order valence-corrected chi connectivity index (χ4v) is 2.61. The van der Waals surface area contributed by atoms with Crippen LogP contribution >= 0.6 is 0 Å². The fourth-order valence-electron chi connectivity index (χ4n) is 2.61. The number of rotatable bonds is 9. The molecule has 0 atom stereocenters. The zero-order chi connectivity index (χ0) is 18.9. The molecule has 0 aliphatic heterocycles. The number of hydrogen-bond donors (Lipinski definition) is 1. The second kappa shape index (κ2) is 9.56. The lowest BCUT2D eigenvalue weighted by Crippen LogP contribution is -2.23. The number of carbonyl (C=O) groups excluding carboxylic acids is 1. The number of hydrogen-bond acceptors (Lipinski definition) is 5. The van der Waals surface area contributed by atoms with Gasteiger partial charge in [-0.25, -0.2) is 0 Å². The summed E-state index contributed by atoms with van der Waals surface area (Å²) in [5.41, 5.74) is 1.93. The Morgan fingerprint density at radius 1 is 0.885 bits per heavy atom. The van der Waals surface area contributed by atoms with Gasteiger partial charge in [0, 0.05) is 13.0 Å². The largest absolute Gasteiger partial charge is 0.497 e. The van der Waals surface area contributed by atoms with Crippen molar-refractivity contribution in [1.82, 2.24) is 5.32 Å². The lowest BCUT2D eigenvalue weighted by Gasteiger charge is -2.14. The predicted octanol–water partition coefficient (Wildman–Crippen LogP) is 2.97. The van der Waals surface area contributed by atoms with Gasteiger partial charge in [-0.15, -0.1) is 0 Å². The minimum Gasteiger partial charge on any atom is -0.497 e. The Morgan fingerprint density at radius 3 is 2.15 bits per heavy atom. The molecular weight excluding hydrogens is 334 g/mol. The average Bonchev–Trinajstić information content (AvgIpc) is 2.69. The molecule has 1 N–H and O–H groups in total. The van der Waals surface area contributed by atoms with Crippen LogP contribution in [0, 0.1) is 0 Å². The summed E-state index contributed by atoms with van der Waals surface area (Å²) in [7, 11) is 6.31. The Bertz CT molecular complexity index is 720. The first-order valence-electron chi connectivity index (χ1n) is 8.29. The molecule has 0 heterocycles. The van der Waals surface area contributed by atoms with E-state index in [0.717, 1.165) is 16.9 Å². The molecule has 0 aromatic heterocycles. The van der Waals surface area contributed by atoms with Crippen molar-refractivity contribution in [2.75, 3.05) is 28.4 Å². The van der Waals surface area contributed by atoms with Crippen LogP contribution in [0.4, 0.5) is 0 Å². The molecule has 0 unspecified atom stereocenters. The molecule has 140 valence electrons. The first kappa shape index (κ1) is 19.4. The Labute approximate surface area is 154 Å². The first-order chi connectivity index (χ1) is 12.6. The summed E-state index contributed by atoms with van der Waals surface area (Å²) in [5, 5.41) is 2.92. The van der Waals surface area contributed by atoms with E-state index >= 15 is 0 Å². The van der Waals surface area contributed by atoms with Crippen molar-refractivity contribution in [2.45, 2.75) is 19.4 Å². The minimum atomic E-state index is -0.0263. The number of amides is 1. The molecule has 26 heavy (non-hydrogen) atoms. The molecule has 2 rings (SSSR count). The van der Waals surface area contributed by atoms with E-state index in [1.165, 1.54) is 0 Å². The van der Waals surface area contributed by atoms with Crippen molar-refractivity contribution >= 4 is 5.91 Å². The van der Waals surface area contributed by atoms with Crippen LogP contribution in [0.1, 0.15) is 17.5 Å². The van der Waals surface area contributed by atoms with Gasteiger partial charge < -0.3 is 24.3 Å². The van der Waals surface area contributed by atoms with Crippen molar-refractivity contribution < 1.29 is 23.7 Å². The van der Waals surface area contributed by atoms with Gasteiger partial charge in [-0.2, -0.15) is 0 Å². The van der Waals surface area contributed by atoms with E-state index in [0.29, 0.717) is 36.6 Å². The summed E-state index contributed by atoms with van der Waals surface area (Å²) in [4.78, 5) is 12.1. The molecule has 0 saturated heterocycles. The van der Waals surface area contributed by atoms with Crippen molar-refractivity contribution in [2.24, 2.45) is 0 Å². The quantitative estimate of drug-likeness (QED) is 0.746. The zero-order valence-electron chi connectivity index (χ0n) is 15.6. The normalized spacial score (nSPS) is 10.2. The van der Waals surface area contributed by atoms with E-state index in [9.17, 15) is 4.79 Å². The van der Waals surface area contributed by atoms with Gasteiger partial charge in [0.2, 0.25) is 11.7 Å². The van der Waals surface area contributed by atoms with Gasteiger partial charge in [0.25, 0.3) is 0 Å². The number of ether oxygens (including phenoxy) is 4. The van der Waals surface area contributed by atoms with Gasteiger partial charge in [0.15, 0.2) is 11.5 Å². The Kier molecular flexibility index (Phi) is 7.14. The lowest BCUT2D eigenvalue weighted by atomic mass is 10.1. The SMILES string of the molecule is COc1cccc(CCC(=O)NCc2cc(OC)c(OC)c(OC)c2)c1. The highest BCUT2D eigenvalue weighted by Gasteiger charge is 2.13. The molecule has 6 heteroatoms. The third-order valence-electron chi connectivity index (χ3n) is 3.99. The maximum Gasteiger partial charge on any atom is 0.220 e. The molecule has 0 saturated carbocycles. The molecule has 0 aliphatic rings. The fraction of sp³-hybridized carbons (Fsp3) is 0.350. The number of methoxy groups -OCH3 is 4. The van der Waals surface area contributed by atoms with Crippen LogP contribution in [0.5, 0.6) is 23.0 Å². The van der Waals surface area contributed by atoms with E-state index in [1.54, 1.807) is 28.4 Å². The monoisotopic (exact) mass is 359 g/mol. The highest BCUT2D eigenvalue weighted by atomic mass is 16.5. The summed E-state index contributed by atoms with van der Waals surface area (Å²) in [5.74, 6) is 2.42. The Balaban J connectivity index is 1.94. The number of nitrogens with one attached hydrogen (secondary N) is 1. The molecular formula is C20H25NO5. The molecule has 2 aromatic rings. The van der Waals surface area contributed by atoms with E-state index < -0.39 is 0 Å². The first-order valence-corrected chi connectivity index (χ1v) is 8.29. The summed E-state index contributed by atoms with van der Waals surface area (Å²) < 4.78 is 21.1. The van der Waals surface area contributed by atoms with Crippen LogP contribution in [0.15, 0.2) is 36.4 Å². The van der Waals surface area contributed by atoms with E-state index in [-0.39, 0.29) is 5.91 Å². The van der Waals surface area contributed by atoms with Crippen LogP contribution in [-0.4, -0.2) is 34.3 Å².